The van der Waals surface area contributed by atoms with Gasteiger partial charge in [-0.1, -0.05) is 73.3 Å². The van der Waals surface area contributed by atoms with Crippen LogP contribution in [0.2, 0.25) is 0 Å². The van der Waals surface area contributed by atoms with Crippen LogP contribution in [0.5, 0.6) is 0 Å². The van der Waals surface area contributed by atoms with E-state index in [2.05, 4.69) is 41.5 Å². The van der Waals surface area contributed by atoms with Gasteiger partial charge in [0.15, 0.2) is 5.17 Å². The Morgan fingerprint density at radius 3 is 2.47 bits per heavy atom. The number of nitrogens with one attached hydrogen (secondary N) is 1. The number of nitrogens with zero attached hydrogens (tertiary/aromatic N) is 3. The molecule has 6 nitrogen and oxygen atoms in total. The molecular weight excluding hydrogens is 475 g/mol. The van der Waals surface area contributed by atoms with E-state index in [0.29, 0.717) is 17.3 Å². The van der Waals surface area contributed by atoms with Crippen LogP contribution in [-0.4, -0.2) is 33.0 Å². The van der Waals surface area contributed by atoms with Crippen molar-refractivity contribution in [1.29, 1.82) is 0 Å². The van der Waals surface area contributed by atoms with Gasteiger partial charge in [-0.25, -0.2) is 9.40 Å². The second-order valence-electron chi connectivity index (χ2n) is 8.67. The first-order chi connectivity index (χ1) is 17.5. The van der Waals surface area contributed by atoms with Crippen molar-refractivity contribution in [3.05, 3.63) is 101 Å². The zero-order chi connectivity index (χ0) is 25.1. The molecule has 0 fully saturated rings. The van der Waals surface area contributed by atoms with Crippen molar-refractivity contribution in [3.63, 3.8) is 0 Å². The molecule has 0 bridgehead atoms. The molecule has 2 aliphatic rings. The Morgan fingerprint density at radius 1 is 1.06 bits per heavy atom. The van der Waals surface area contributed by atoms with Gasteiger partial charge in [-0.15, -0.1) is 0 Å². The molecule has 0 aliphatic carbocycles. The number of hydrazone groups is 1. The van der Waals surface area contributed by atoms with Gasteiger partial charge < -0.3 is 5.32 Å². The molecule has 2 amide bonds. The minimum absolute atomic E-state index is 0.0349. The van der Waals surface area contributed by atoms with Crippen LogP contribution in [0.3, 0.4) is 0 Å². The molecule has 36 heavy (non-hydrogen) atoms. The summed E-state index contributed by atoms with van der Waals surface area (Å²) in [5.41, 5.74) is 4.77. The Morgan fingerprint density at radius 2 is 1.78 bits per heavy atom. The maximum Gasteiger partial charge on any atom is 0.262 e. The van der Waals surface area contributed by atoms with Crippen molar-refractivity contribution in [2.24, 2.45) is 10.1 Å². The summed E-state index contributed by atoms with van der Waals surface area (Å²) in [4.78, 5) is 29.6. The molecule has 1 N–H and O–H groups in total. The van der Waals surface area contributed by atoms with Crippen molar-refractivity contribution < 1.29 is 14.0 Å². The molecule has 5 rings (SSSR count). The number of rotatable bonds is 6. The first kappa shape index (κ1) is 23.9. The number of amidine groups is 1. The van der Waals surface area contributed by atoms with E-state index in [9.17, 15) is 14.0 Å². The minimum Gasteiger partial charge on any atom is -0.326 e. The van der Waals surface area contributed by atoms with Crippen molar-refractivity contribution >= 4 is 40.1 Å². The van der Waals surface area contributed by atoms with E-state index in [0.717, 1.165) is 23.3 Å². The van der Waals surface area contributed by atoms with Crippen LogP contribution in [-0.2, 0) is 16.0 Å². The van der Waals surface area contributed by atoms with E-state index >= 15 is 0 Å². The summed E-state index contributed by atoms with van der Waals surface area (Å²) in [6, 6.07) is 23.8. The van der Waals surface area contributed by atoms with Crippen molar-refractivity contribution in [2.45, 2.75) is 37.5 Å². The summed E-state index contributed by atoms with van der Waals surface area (Å²) in [6.45, 7) is 2.12. The second-order valence-corrected chi connectivity index (χ2v) is 9.84. The van der Waals surface area contributed by atoms with E-state index in [1.807, 2.05) is 35.3 Å². The van der Waals surface area contributed by atoms with Gasteiger partial charge in [0.25, 0.3) is 5.91 Å². The predicted octanol–water partition coefficient (Wildman–Crippen LogP) is 5.57. The van der Waals surface area contributed by atoms with E-state index in [4.69, 9.17) is 5.10 Å². The highest BCUT2D eigenvalue weighted by Gasteiger charge is 2.39. The van der Waals surface area contributed by atoms with Crippen LogP contribution in [0.25, 0.3) is 0 Å². The third-order valence-corrected chi connectivity index (χ3v) is 7.36. The molecule has 8 heteroatoms. The van der Waals surface area contributed by atoms with Crippen LogP contribution in [0.15, 0.2) is 89.0 Å². The monoisotopic (exact) mass is 500 g/mol. The van der Waals surface area contributed by atoms with Gasteiger partial charge in [0, 0.05) is 18.5 Å². The smallest absolute Gasteiger partial charge is 0.262 e. The summed E-state index contributed by atoms with van der Waals surface area (Å²) in [7, 11) is 0. The third kappa shape index (κ3) is 5.23. The number of aryl methyl sites for hydroxylation is 1. The van der Waals surface area contributed by atoms with E-state index < -0.39 is 5.25 Å². The van der Waals surface area contributed by atoms with E-state index in [1.165, 1.54) is 41.6 Å². The number of thioether (sulfide) groups is 1. The fraction of sp³-hybridized carbons (Fsp3) is 0.214. The lowest BCUT2D eigenvalue weighted by Gasteiger charge is -2.23. The quantitative estimate of drug-likeness (QED) is 0.481. The van der Waals surface area contributed by atoms with Crippen LogP contribution in [0.4, 0.5) is 10.1 Å². The number of carbonyl (C=O) groups is 2. The predicted molar refractivity (Wildman–Crippen MR) is 141 cm³/mol. The highest BCUT2D eigenvalue weighted by atomic mass is 32.2. The average Bonchev–Trinajstić information content (AvgIpc) is 3.50. The van der Waals surface area contributed by atoms with Gasteiger partial charge in [0.05, 0.1) is 11.8 Å². The minimum atomic E-state index is -0.639. The van der Waals surface area contributed by atoms with Crippen LogP contribution < -0.4 is 5.32 Å². The molecule has 2 heterocycles. The molecule has 0 unspecified atom stereocenters. The lowest BCUT2D eigenvalue weighted by atomic mass is 9.97. The zero-order valence-corrected chi connectivity index (χ0v) is 20.5. The fourth-order valence-corrected chi connectivity index (χ4v) is 5.31. The van der Waals surface area contributed by atoms with Gasteiger partial charge in [0.1, 0.15) is 11.1 Å². The zero-order valence-electron chi connectivity index (χ0n) is 19.7. The van der Waals surface area contributed by atoms with E-state index in [-0.39, 0.29) is 30.1 Å². The normalized spacial score (nSPS) is 19.3. The molecule has 0 aromatic heterocycles. The lowest BCUT2D eigenvalue weighted by molar-refractivity contribution is -0.121. The molecule has 3 aromatic carbocycles. The summed E-state index contributed by atoms with van der Waals surface area (Å²) >= 11 is 1.26. The Bertz CT molecular complexity index is 1320. The van der Waals surface area contributed by atoms with E-state index in [1.54, 1.807) is 0 Å². The number of anilines is 1. The maximum atomic E-state index is 13.1. The van der Waals surface area contributed by atoms with Crippen LogP contribution >= 0.6 is 11.8 Å². The molecule has 182 valence electrons. The Hall–Kier alpha value is -3.78. The molecule has 2 aliphatic heterocycles. The third-order valence-electron chi connectivity index (χ3n) is 6.21. The van der Waals surface area contributed by atoms with Crippen LogP contribution in [0, 0.1) is 5.82 Å². The number of hydrogen-bond acceptors (Lipinski definition) is 5. The SMILES string of the molecule is CCc1ccc([C@H]2CC(c3ccccc3)=NN2C2=NC(=O)[C@@H](CC(=O)Nc3ccc(F)cc3)S2)cc1. The Labute approximate surface area is 213 Å². The number of aliphatic imine (C=N–C) groups is 1. The Kier molecular flexibility index (Phi) is 6.95. The number of halogens is 1. The van der Waals surface area contributed by atoms with Gasteiger partial charge in [-0.05, 0) is 47.4 Å². The summed E-state index contributed by atoms with van der Waals surface area (Å²) in [5.74, 6) is -1.06. The van der Waals surface area contributed by atoms with Crippen LogP contribution in [0.1, 0.15) is 42.5 Å². The molecule has 0 saturated carbocycles. The number of hydrogen-bond donors (Lipinski definition) is 1. The van der Waals surface area contributed by atoms with Crippen molar-refractivity contribution in [2.75, 3.05) is 5.32 Å². The second kappa shape index (κ2) is 10.5. The van der Waals surface area contributed by atoms with Gasteiger partial charge >= 0.3 is 0 Å². The fourth-order valence-electron chi connectivity index (χ4n) is 4.25. The molecule has 2 atom stereocenters. The number of carbonyl (C=O) groups excluding carboxylic acids is 2. The topological polar surface area (TPSA) is 74.1 Å². The number of amides is 2. The average molecular weight is 501 g/mol. The molecule has 0 spiro atoms. The molecule has 0 radical (unpaired) electrons. The first-order valence-electron chi connectivity index (χ1n) is 11.9. The highest BCUT2D eigenvalue weighted by Crippen LogP contribution is 2.38. The Balaban J connectivity index is 1.34. The largest absolute Gasteiger partial charge is 0.326 e. The molecular formula is C28H25FN4O2S. The first-order valence-corrected chi connectivity index (χ1v) is 12.7. The van der Waals surface area contributed by atoms with Gasteiger partial charge in [0.2, 0.25) is 5.91 Å². The molecule has 0 saturated heterocycles. The molecule has 3 aromatic rings. The van der Waals surface area contributed by atoms with Gasteiger partial charge in [-0.3, -0.25) is 9.59 Å². The summed E-state index contributed by atoms with van der Waals surface area (Å²) in [5, 5.41) is 9.27. The summed E-state index contributed by atoms with van der Waals surface area (Å²) < 4.78 is 13.1. The van der Waals surface area contributed by atoms with Gasteiger partial charge in [-0.2, -0.15) is 10.1 Å². The van der Waals surface area contributed by atoms with Crippen molar-refractivity contribution in [1.82, 2.24) is 5.01 Å². The highest BCUT2D eigenvalue weighted by molar-refractivity contribution is 8.15. The number of benzene rings is 3. The standard InChI is InChI=1S/C28H25FN4O2S/c1-2-18-8-10-20(11-9-18)24-16-23(19-6-4-3-5-7-19)32-33(24)28-31-27(35)25(36-28)17-26(34)30-22-14-12-21(29)13-15-22/h3-15,24-25H,2,16-17H2,1H3,(H,30,34)/t24-,25-/m1/s1. The lowest BCUT2D eigenvalue weighted by Crippen LogP contribution is -2.25. The van der Waals surface area contributed by atoms with Crippen molar-refractivity contribution in [3.8, 4) is 0 Å². The summed E-state index contributed by atoms with van der Waals surface area (Å²) in [6.07, 6.45) is 1.60. The maximum absolute atomic E-state index is 13.1.